The van der Waals surface area contributed by atoms with Gasteiger partial charge < -0.3 is 10.2 Å². The fourth-order valence-corrected chi connectivity index (χ4v) is 3.55. The van der Waals surface area contributed by atoms with Crippen LogP contribution in [-0.2, 0) is 11.2 Å². The van der Waals surface area contributed by atoms with E-state index < -0.39 is 0 Å². The molecule has 0 saturated carbocycles. The molecule has 0 spiro atoms. The van der Waals surface area contributed by atoms with Crippen LogP contribution in [0.25, 0.3) is 11.0 Å². The lowest BCUT2D eigenvalue weighted by atomic mass is 9.97. The first-order valence-electron chi connectivity index (χ1n) is 8.64. The van der Waals surface area contributed by atoms with E-state index in [1.165, 1.54) is 12.1 Å². The first-order chi connectivity index (χ1) is 13.1. The number of halogens is 1. The standard InChI is InChI=1S/C19H17FN4O2S/c20-15-4-1-12(2-5-15)7-8-21-18(25)14-10-24(11-14)19(26)13-3-6-16-17(9-13)23-27-22-16/h1-6,9,14H,7-8,10-11H2,(H,21,25). The molecule has 1 aromatic heterocycles. The summed E-state index contributed by atoms with van der Waals surface area (Å²) in [5.41, 5.74) is 3.01. The van der Waals surface area contributed by atoms with Crippen LogP contribution >= 0.6 is 11.7 Å². The molecule has 2 heterocycles. The molecule has 1 aliphatic rings. The summed E-state index contributed by atoms with van der Waals surface area (Å²) in [5, 5.41) is 2.88. The molecule has 27 heavy (non-hydrogen) atoms. The van der Waals surface area contributed by atoms with E-state index in [0.717, 1.165) is 22.8 Å². The van der Waals surface area contributed by atoms with Gasteiger partial charge >= 0.3 is 0 Å². The summed E-state index contributed by atoms with van der Waals surface area (Å²) in [5.74, 6) is -0.611. The Morgan fingerprint density at radius 2 is 1.85 bits per heavy atom. The minimum Gasteiger partial charge on any atom is -0.355 e. The highest BCUT2D eigenvalue weighted by atomic mass is 32.1. The number of carbonyl (C=O) groups excluding carboxylic acids is 2. The zero-order valence-electron chi connectivity index (χ0n) is 14.4. The predicted octanol–water partition coefficient (Wildman–Crippen LogP) is 2.26. The van der Waals surface area contributed by atoms with E-state index in [1.807, 2.05) is 0 Å². The van der Waals surface area contributed by atoms with E-state index in [1.54, 1.807) is 35.2 Å². The number of aromatic nitrogens is 2. The normalized spacial score (nSPS) is 14.2. The Bertz CT molecular complexity index is 983. The Hall–Kier alpha value is -2.87. The zero-order valence-corrected chi connectivity index (χ0v) is 15.2. The molecule has 6 nitrogen and oxygen atoms in total. The second-order valence-corrected chi connectivity index (χ2v) is 7.07. The summed E-state index contributed by atoms with van der Waals surface area (Å²) in [6, 6.07) is 11.5. The van der Waals surface area contributed by atoms with Gasteiger partial charge in [0, 0.05) is 25.2 Å². The monoisotopic (exact) mass is 384 g/mol. The van der Waals surface area contributed by atoms with Crippen LogP contribution in [0.1, 0.15) is 15.9 Å². The number of nitrogens with zero attached hydrogens (tertiary/aromatic N) is 3. The van der Waals surface area contributed by atoms with E-state index in [0.29, 0.717) is 37.1 Å². The smallest absolute Gasteiger partial charge is 0.253 e. The van der Waals surface area contributed by atoms with Crippen LogP contribution in [0.5, 0.6) is 0 Å². The van der Waals surface area contributed by atoms with Crippen molar-refractivity contribution in [3.05, 3.63) is 59.4 Å². The highest BCUT2D eigenvalue weighted by molar-refractivity contribution is 7.00. The van der Waals surface area contributed by atoms with Crippen LogP contribution in [-0.4, -0.2) is 45.1 Å². The lowest BCUT2D eigenvalue weighted by Gasteiger charge is -2.38. The molecular weight excluding hydrogens is 367 g/mol. The molecule has 1 N–H and O–H groups in total. The molecular formula is C19H17FN4O2S. The maximum Gasteiger partial charge on any atom is 0.253 e. The third-order valence-electron chi connectivity index (χ3n) is 4.67. The van der Waals surface area contributed by atoms with Crippen molar-refractivity contribution in [3.63, 3.8) is 0 Å². The van der Waals surface area contributed by atoms with Crippen molar-refractivity contribution in [1.82, 2.24) is 19.0 Å². The number of likely N-dealkylation sites (tertiary alicyclic amines) is 1. The van der Waals surface area contributed by atoms with Crippen molar-refractivity contribution in [1.29, 1.82) is 0 Å². The summed E-state index contributed by atoms with van der Waals surface area (Å²) in [4.78, 5) is 26.4. The van der Waals surface area contributed by atoms with Crippen LogP contribution in [0, 0.1) is 11.7 Å². The molecule has 0 bridgehead atoms. The molecule has 1 aliphatic heterocycles. The lowest BCUT2D eigenvalue weighted by molar-refractivity contribution is -0.128. The van der Waals surface area contributed by atoms with E-state index in [-0.39, 0.29) is 23.5 Å². The highest BCUT2D eigenvalue weighted by Crippen LogP contribution is 2.21. The molecule has 4 rings (SSSR count). The average molecular weight is 384 g/mol. The maximum atomic E-state index is 12.9. The van der Waals surface area contributed by atoms with Gasteiger partial charge in [-0.3, -0.25) is 9.59 Å². The van der Waals surface area contributed by atoms with Crippen molar-refractivity contribution in [2.45, 2.75) is 6.42 Å². The number of benzene rings is 2. The summed E-state index contributed by atoms with van der Waals surface area (Å²) in [7, 11) is 0. The third kappa shape index (κ3) is 3.80. The summed E-state index contributed by atoms with van der Waals surface area (Å²) in [6.07, 6.45) is 0.642. The minimum atomic E-state index is -0.271. The molecule has 0 aliphatic carbocycles. The van der Waals surface area contributed by atoms with Gasteiger partial charge in [-0.15, -0.1) is 0 Å². The van der Waals surface area contributed by atoms with E-state index >= 15 is 0 Å². The van der Waals surface area contributed by atoms with Crippen molar-refractivity contribution in [3.8, 4) is 0 Å². The van der Waals surface area contributed by atoms with E-state index in [4.69, 9.17) is 0 Å². The SMILES string of the molecule is O=C(NCCc1ccc(F)cc1)C1CN(C(=O)c2ccc3nsnc3c2)C1. The molecule has 2 amide bonds. The largest absolute Gasteiger partial charge is 0.355 e. The van der Waals surface area contributed by atoms with Crippen LogP contribution in [0.2, 0.25) is 0 Å². The summed E-state index contributed by atoms with van der Waals surface area (Å²) in [6.45, 7) is 1.31. The van der Waals surface area contributed by atoms with Gasteiger partial charge in [0.1, 0.15) is 16.9 Å². The summed E-state index contributed by atoms with van der Waals surface area (Å²) < 4.78 is 21.1. The van der Waals surface area contributed by atoms with Gasteiger partial charge in [-0.2, -0.15) is 8.75 Å². The fraction of sp³-hybridized carbons (Fsp3) is 0.263. The first kappa shape index (κ1) is 17.5. The number of rotatable bonds is 5. The molecule has 1 fully saturated rings. The fourth-order valence-electron chi connectivity index (χ4n) is 3.03. The Balaban J connectivity index is 1.25. The number of carbonyl (C=O) groups is 2. The number of hydrogen-bond donors (Lipinski definition) is 1. The van der Waals surface area contributed by atoms with Gasteiger partial charge in [0.05, 0.1) is 17.6 Å². The topological polar surface area (TPSA) is 75.2 Å². The zero-order chi connectivity index (χ0) is 18.8. The Morgan fingerprint density at radius 1 is 1.11 bits per heavy atom. The maximum absolute atomic E-state index is 12.9. The number of nitrogens with one attached hydrogen (secondary N) is 1. The van der Waals surface area contributed by atoms with Gasteiger partial charge in [0.25, 0.3) is 5.91 Å². The molecule has 8 heteroatoms. The second kappa shape index (κ2) is 7.40. The van der Waals surface area contributed by atoms with Gasteiger partial charge in [0.15, 0.2) is 0 Å². The van der Waals surface area contributed by atoms with E-state index in [9.17, 15) is 14.0 Å². The van der Waals surface area contributed by atoms with Crippen molar-refractivity contribution in [2.75, 3.05) is 19.6 Å². The van der Waals surface area contributed by atoms with Crippen LogP contribution in [0.4, 0.5) is 4.39 Å². The van der Waals surface area contributed by atoms with Crippen LogP contribution in [0.3, 0.4) is 0 Å². The first-order valence-corrected chi connectivity index (χ1v) is 9.37. The average Bonchev–Trinajstić information content (AvgIpc) is 3.09. The van der Waals surface area contributed by atoms with Crippen LogP contribution < -0.4 is 5.32 Å². The predicted molar refractivity (Wildman–Crippen MR) is 99.9 cm³/mol. The molecule has 1 saturated heterocycles. The molecule has 3 aromatic rings. The van der Waals surface area contributed by atoms with Crippen LogP contribution in [0.15, 0.2) is 42.5 Å². The Kier molecular flexibility index (Phi) is 4.81. The second-order valence-electron chi connectivity index (χ2n) is 6.54. The Morgan fingerprint density at radius 3 is 2.63 bits per heavy atom. The molecule has 0 atom stereocenters. The van der Waals surface area contributed by atoms with Crippen molar-refractivity contribution >= 4 is 34.6 Å². The number of hydrogen-bond acceptors (Lipinski definition) is 5. The van der Waals surface area contributed by atoms with E-state index in [2.05, 4.69) is 14.1 Å². The lowest BCUT2D eigenvalue weighted by Crippen LogP contribution is -2.55. The van der Waals surface area contributed by atoms with Gasteiger partial charge in [-0.05, 0) is 42.3 Å². The summed E-state index contributed by atoms with van der Waals surface area (Å²) >= 11 is 1.12. The van der Waals surface area contributed by atoms with Gasteiger partial charge in [-0.25, -0.2) is 4.39 Å². The van der Waals surface area contributed by atoms with Gasteiger partial charge in [0.2, 0.25) is 5.91 Å². The van der Waals surface area contributed by atoms with Gasteiger partial charge in [-0.1, -0.05) is 12.1 Å². The minimum absolute atomic E-state index is 0.0553. The Labute approximate surface area is 159 Å². The highest BCUT2D eigenvalue weighted by Gasteiger charge is 2.35. The quantitative estimate of drug-likeness (QED) is 0.732. The molecule has 0 radical (unpaired) electrons. The third-order valence-corrected chi connectivity index (χ3v) is 5.22. The molecule has 2 aromatic carbocycles. The van der Waals surface area contributed by atoms with Crippen molar-refractivity contribution < 1.29 is 14.0 Å². The van der Waals surface area contributed by atoms with Crippen molar-refractivity contribution in [2.24, 2.45) is 5.92 Å². The molecule has 138 valence electrons. The molecule has 0 unspecified atom stereocenters. The number of fused-ring (bicyclic) bond motifs is 1. The number of amides is 2.